The molecule has 0 saturated carbocycles. The van der Waals surface area contributed by atoms with Crippen molar-refractivity contribution < 1.29 is 17.6 Å². The van der Waals surface area contributed by atoms with E-state index >= 15 is 0 Å². The first-order valence-corrected chi connectivity index (χ1v) is 5.09. The lowest BCUT2D eigenvalue weighted by atomic mass is 10.1. The quantitative estimate of drug-likeness (QED) is 0.742. The fourth-order valence-electron chi connectivity index (χ4n) is 1.72. The predicted molar refractivity (Wildman–Crippen MR) is 55.2 cm³/mol. The molecule has 0 saturated heterocycles. The third-order valence-corrected chi connectivity index (χ3v) is 2.50. The van der Waals surface area contributed by atoms with Crippen molar-refractivity contribution in [3.8, 4) is 0 Å². The molecule has 16 heavy (non-hydrogen) atoms. The van der Waals surface area contributed by atoms with Crippen LogP contribution in [0.1, 0.15) is 24.5 Å². The van der Waals surface area contributed by atoms with E-state index in [0.29, 0.717) is 11.0 Å². The van der Waals surface area contributed by atoms with E-state index in [1.807, 2.05) is 6.92 Å². The van der Waals surface area contributed by atoms with E-state index in [1.165, 1.54) is 12.3 Å². The molecule has 2 aromatic rings. The number of fused-ring (bicyclic) bond motifs is 1. The molecule has 0 amide bonds. The maximum Gasteiger partial charge on any atom is 0.416 e. The Morgan fingerprint density at radius 2 is 2.00 bits per heavy atom. The van der Waals surface area contributed by atoms with Gasteiger partial charge in [-0.1, -0.05) is 13.3 Å². The van der Waals surface area contributed by atoms with Crippen molar-refractivity contribution in [2.75, 3.05) is 0 Å². The molecule has 0 bridgehead atoms. The van der Waals surface area contributed by atoms with Crippen LogP contribution in [-0.4, -0.2) is 0 Å². The van der Waals surface area contributed by atoms with Crippen molar-refractivity contribution in [3.63, 3.8) is 0 Å². The maximum atomic E-state index is 12.5. The number of aryl methyl sites for hydroxylation is 1. The lowest BCUT2D eigenvalue weighted by Crippen LogP contribution is -2.04. The molecule has 1 aromatic carbocycles. The van der Waals surface area contributed by atoms with Crippen molar-refractivity contribution in [1.82, 2.24) is 0 Å². The van der Waals surface area contributed by atoms with Gasteiger partial charge in [-0.3, -0.25) is 0 Å². The standard InChI is InChI=1S/C12H11F3O/c1-2-3-8-7-16-11-5-4-9(6-10(8)11)12(13,14)15/h4-7H,2-3H2,1H3. The van der Waals surface area contributed by atoms with E-state index in [0.717, 1.165) is 30.5 Å². The van der Waals surface area contributed by atoms with Gasteiger partial charge in [0.25, 0.3) is 0 Å². The van der Waals surface area contributed by atoms with Crippen LogP contribution in [0.5, 0.6) is 0 Å². The summed E-state index contributed by atoms with van der Waals surface area (Å²) in [6.45, 7) is 1.98. The molecular weight excluding hydrogens is 217 g/mol. The van der Waals surface area contributed by atoms with Gasteiger partial charge in [0, 0.05) is 5.39 Å². The van der Waals surface area contributed by atoms with Gasteiger partial charge in [-0.05, 0) is 30.2 Å². The number of hydrogen-bond acceptors (Lipinski definition) is 1. The van der Waals surface area contributed by atoms with Crippen LogP contribution in [0.2, 0.25) is 0 Å². The highest BCUT2D eigenvalue weighted by atomic mass is 19.4. The van der Waals surface area contributed by atoms with Gasteiger partial charge >= 0.3 is 6.18 Å². The highest BCUT2D eigenvalue weighted by molar-refractivity contribution is 5.81. The van der Waals surface area contributed by atoms with E-state index in [9.17, 15) is 13.2 Å². The monoisotopic (exact) mass is 228 g/mol. The second kappa shape index (κ2) is 3.85. The molecule has 86 valence electrons. The van der Waals surface area contributed by atoms with Gasteiger partial charge in [-0.15, -0.1) is 0 Å². The molecule has 2 rings (SSSR count). The van der Waals surface area contributed by atoms with Crippen LogP contribution in [0.4, 0.5) is 13.2 Å². The van der Waals surface area contributed by atoms with E-state index in [2.05, 4.69) is 0 Å². The second-order valence-corrected chi connectivity index (χ2v) is 3.72. The molecule has 4 heteroatoms. The molecule has 0 atom stereocenters. The Kier molecular flexibility index (Phi) is 2.66. The molecule has 1 nitrogen and oxygen atoms in total. The summed E-state index contributed by atoms with van der Waals surface area (Å²) in [4.78, 5) is 0. The SMILES string of the molecule is CCCc1coc2ccc(C(F)(F)F)cc12. The van der Waals surface area contributed by atoms with Gasteiger partial charge in [-0.2, -0.15) is 13.2 Å². The Hall–Kier alpha value is -1.45. The van der Waals surface area contributed by atoms with Crippen LogP contribution in [-0.2, 0) is 12.6 Å². The number of alkyl halides is 3. The zero-order chi connectivity index (χ0) is 11.8. The second-order valence-electron chi connectivity index (χ2n) is 3.72. The van der Waals surface area contributed by atoms with Crippen molar-refractivity contribution in [1.29, 1.82) is 0 Å². The predicted octanol–water partition coefficient (Wildman–Crippen LogP) is 4.40. The molecule has 0 aliphatic carbocycles. The Morgan fingerprint density at radius 3 is 2.62 bits per heavy atom. The summed E-state index contributed by atoms with van der Waals surface area (Å²) in [5.41, 5.74) is 0.721. The maximum absolute atomic E-state index is 12.5. The zero-order valence-corrected chi connectivity index (χ0v) is 8.77. The van der Waals surface area contributed by atoms with Gasteiger partial charge in [-0.25, -0.2) is 0 Å². The summed E-state index contributed by atoms with van der Waals surface area (Å²) in [7, 11) is 0. The first kappa shape index (κ1) is 11.0. The third kappa shape index (κ3) is 1.92. The highest BCUT2D eigenvalue weighted by Crippen LogP contribution is 2.33. The first-order chi connectivity index (χ1) is 7.52. The number of halogens is 3. The van der Waals surface area contributed by atoms with Crippen LogP contribution in [0.15, 0.2) is 28.9 Å². The molecule has 0 aliphatic heterocycles. The van der Waals surface area contributed by atoms with E-state index in [-0.39, 0.29) is 0 Å². The molecular formula is C12H11F3O. The molecule has 0 radical (unpaired) electrons. The van der Waals surface area contributed by atoms with Gasteiger partial charge in [0.1, 0.15) is 5.58 Å². The number of rotatable bonds is 2. The largest absolute Gasteiger partial charge is 0.464 e. The van der Waals surface area contributed by atoms with E-state index in [1.54, 1.807) is 0 Å². The van der Waals surface area contributed by atoms with Gasteiger partial charge in [0.05, 0.1) is 11.8 Å². The number of benzene rings is 1. The first-order valence-electron chi connectivity index (χ1n) is 5.09. The molecule has 1 heterocycles. The summed E-state index contributed by atoms with van der Waals surface area (Å²) < 4.78 is 42.7. The van der Waals surface area contributed by atoms with E-state index in [4.69, 9.17) is 4.42 Å². The van der Waals surface area contributed by atoms with Crippen molar-refractivity contribution in [2.45, 2.75) is 25.9 Å². The summed E-state index contributed by atoms with van der Waals surface area (Å²) in [5.74, 6) is 0. The fourth-order valence-corrected chi connectivity index (χ4v) is 1.72. The number of hydrogen-bond donors (Lipinski definition) is 0. The lowest BCUT2D eigenvalue weighted by Gasteiger charge is -2.06. The molecule has 0 aliphatic rings. The Labute approximate surface area is 90.9 Å². The van der Waals surface area contributed by atoms with Gasteiger partial charge in [0.2, 0.25) is 0 Å². The van der Waals surface area contributed by atoms with Crippen molar-refractivity contribution >= 4 is 11.0 Å². The van der Waals surface area contributed by atoms with Gasteiger partial charge < -0.3 is 4.42 Å². The Balaban J connectivity index is 2.54. The lowest BCUT2D eigenvalue weighted by molar-refractivity contribution is -0.137. The van der Waals surface area contributed by atoms with Crippen molar-refractivity contribution in [3.05, 3.63) is 35.6 Å². The van der Waals surface area contributed by atoms with Crippen molar-refractivity contribution in [2.24, 2.45) is 0 Å². The van der Waals surface area contributed by atoms with E-state index < -0.39 is 11.7 Å². The molecule has 1 aromatic heterocycles. The normalized spacial score (nSPS) is 12.2. The smallest absolute Gasteiger partial charge is 0.416 e. The Bertz CT molecular complexity index is 496. The minimum absolute atomic E-state index is 0.511. The fraction of sp³-hybridized carbons (Fsp3) is 0.333. The molecule has 0 N–H and O–H groups in total. The highest BCUT2D eigenvalue weighted by Gasteiger charge is 2.30. The van der Waals surface area contributed by atoms with Gasteiger partial charge in [0.15, 0.2) is 0 Å². The Morgan fingerprint density at radius 1 is 1.25 bits per heavy atom. The van der Waals surface area contributed by atoms with Crippen LogP contribution in [0, 0.1) is 0 Å². The van der Waals surface area contributed by atoms with Crippen LogP contribution < -0.4 is 0 Å². The topological polar surface area (TPSA) is 13.1 Å². The molecule has 0 unspecified atom stereocenters. The third-order valence-electron chi connectivity index (χ3n) is 2.50. The zero-order valence-electron chi connectivity index (χ0n) is 8.77. The average molecular weight is 228 g/mol. The molecule has 0 fully saturated rings. The van der Waals surface area contributed by atoms with Crippen LogP contribution >= 0.6 is 0 Å². The minimum atomic E-state index is -4.30. The number of furan rings is 1. The average Bonchev–Trinajstić information content (AvgIpc) is 2.60. The summed E-state index contributed by atoms with van der Waals surface area (Å²) >= 11 is 0. The minimum Gasteiger partial charge on any atom is -0.464 e. The molecule has 0 spiro atoms. The summed E-state index contributed by atoms with van der Waals surface area (Å²) in [6, 6.07) is 3.57. The summed E-state index contributed by atoms with van der Waals surface area (Å²) in [5, 5.41) is 0.566. The summed E-state index contributed by atoms with van der Waals surface area (Å²) in [6.07, 6.45) is -1.15. The van der Waals surface area contributed by atoms with Crippen LogP contribution in [0.3, 0.4) is 0 Å². The van der Waals surface area contributed by atoms with Crippen LogP contribution in [0.25, 0.3) is 11.0 Å².